The quantitative estimate of drug-likeness (QED) is 0.366. The van der Waals surface area contributed by atoms with Gasteiger partial charge in [0, 0.05) is 5.41 Å². The summed E-state index contributed by atoms with van der Waals surface area (Å²) in [5, 5.41) is 0. The summed E-state index contributed by atoms with van der Waals surface area (Å²) in [6, 6.07) is 0. The van der Waals surface area contributed by atoms with E-state index in [1.54, 1.807) is 0 Å². The molecule has 0 aliphatic heterocycles. The molecular formula is C17H23F2I. The first-order valence-corrected chi connectivity index (χ1v) is 9.18. The van der Waals surface area contributed by atoms with Crippen molar-refractivity contribution < 1.29 is 8.78 Å². The van der Waals surface area contributed by atoms with Gasteiger partial charge in [0.05, 0.1) is 3.42 Å². The third-order valence-corrected chi connectivity index (χ3v) is 9.09. The Morgan fingerprint density at radius 2 is 1.25 bits per heavy atom. The van der Waals surface area contributed by atoms with Crippen LogP contribution in [-0.4, -0.2) is 3.42 Å². The van der Waals surface area contributed by atoms with Crippen molar-refractivity contribution in [1.82, 2.24) is 0 Å². The van der Waals surface area contributed by atoms with Crippen molar-refractivity contribution in [2.24, 2.45) is 16.2 Å². The summed E-state index contributed by atoms with van der Waals surface area (Å²) in [6.45, 7) is 2.39. The van der Waals surface area contributed by atoms with E-state index < -0.39 is 14.7 Å². The number of rotatable bonds is 1. The monoisotopic (exact) mass is 392 g/mol. The van der Waals surface area contributed by atoms with Crippen LogP contribution in [0.1, 0.15) is 71.1 Å². The lowest BCUT2D eigenvalue weighted by atomic mass is 9.41. The second-order valence-corrected chi connectivity index (χ2v) is 10.3. The molecule has 0 atom stereocenters. The summed E-state index contributed by atoms with van der Waals surface area (Å²) >= 11 is 2.17. The zero-order valence-electron chi connectivity index (χ0n) is 12.2. The molecule has 6 rings (SSSR count). The van der Waals surface area contributed by atoms with Gasteiger partial charge in [-0.15, -0.1) is 0 Å². The van der Waals surface area contributed by atoms with Crippen LogP contribution in [0.4, 0.5) is 8.78 Å². The minimum Gasteiger partial charge on any atom is -0.208 e. The Labute approximate surface area is 133 Å². The van der Waals surface area contributed by atoms with E-state index in [0.29, 0.717) is 5.41 Å². The van der Waals surface area contributed by atoms with Gasteiger partial charge in [0.1, 0.15) is 11.7 Å². The minimum atomic E-state index is -0.516. The Balaban J connectivity index is 1.79. The summed E-state index contributed by atoms with van der Waals surface area (Å²) < 4.78 is 29.0. The van der Waals surface area contributed by atoms with Gasteiger partial charge in [-0.2, -0.15) is 0 Å². The average molecular weight is 392 g/mol. The van der Waals surface area contributed by atoms with Crippen LogP contribution < -0.4 is 0 Å². The highest BCUT2D eigenvalue weighted by Crippen LogP contribution is 2.73. The molecule has 0 aromatic rings. The molecular weight excluding hydrogens is 369 g/mol. The molecule has 0 saturated heterocycles. The summed E-state index contributed by atoms with van der Waals surface area (Å²) in [6.07, 6.45) is 10.5. The Morgan fingerprint density at radius 1 is 0.750 bits per heavy atom. The SMILES string of the molecule is CC12CCC(C34CCC(I)(CC3)C(F)=C4F)(CC1)CC2. The van der Waals surface area contributed by atoms with Crippen molar-refractivity contribution in [3.63, 3.8) is 0 Å². The lowest BCUT2D eigenvalue weighted by Gasteiger charge is -2.64. The summed E-state index contributed by atoms with van der Waals surface area (Å²) in [5.41, 5.74) is 0.129. The molecule has 4 bridgehead atoms. The van der Waals surface area contributed by atoms with E-state index in [1.807, 2.05) is 0 Å². The van der Waals surface area contributed by atoms with Crippen molar-refractivity contribution in [1.29, 1.82) is 0 Å². The number of fused-ring (bicyclic) bond motifs is 5. The van der Waals surface area contributed by atoms with E-state index in [1.165, 1.54) is 19.3 Å². The average Bonchev–Trinajstić information content (AvgIpc) is 2.46. The van der Waals surface area contributed by atoms with E-state index in [-0.39, 0.29) is 11.2 Å². The summed E-state index contributed by atoms with van der Waals surface area (Å²) in [4.78, 5) is 0. The molecule has 0 N–H and O–H groups in total. The molecule has 0 nitrogen and oxygen atoms in total. The maximum atomic E-state index is 15.0. The topological polar surface area (TPSA) is 0 Å². The van der Waals surface area contributed by atoms with E-state index in [0.717, 1.165) is 44.9 Å². The molecule has 4 saturated carbocycles. The molecule has 6 aliphatic carbocycles. The second-order valence-electron chi connectivity index (χ2n) is 8.27. The molecule has 0 heterocycles. The van der Waals surface area contributed by atoms with Crippen molar-refractivity contribution >= 4 is 22.6 Å². The van der Waals surface area contributed by atoms with Crippen LogP contribution >= 0.6 is 22.6 Å². The van der Waals surface area contributed by atoms with E-state index >= 15 is 4.39 Å². The molecule has 0 amide bonds. The van der Waals surface area contributed by atoms with Gasteiger partial charge in [0.2, 0.25) is 0 Å². The van der Waals surface area contributed by atoms with Crippen molar-refractivity contribution in [3.8, 4) is 0 Å². The summed E-state index contributed by atoms with van der Waals surface area (Å²) in [7, 11) is 0. The van der Waals surface area contributed by atoms with Crippen LogP contribution in [-0.2, 0) is 0 Å². The highest BCUT2D eigenvalue weighted by atomic mass is 127. The van der Waals surface area contributed by atoms with Crippen molar-refractivity contribution in [3.05, 3.63) is 11.7 Å². The standard InChI is InChI=1S/C17H23F2I/c1-14-2-5-15(6-3-14,7-4-14)16-8-10-17(20,11-9-16)13(19)12(16)18/h2-11H2,1H3. The first kappa shape index (κ1) is 14.0. The molecule has 4 fully saturated rings. The molecule has 0 radical (unpaired) electrons. The second kappa shape index (κ2) is 3.99. The number of allylic oxidation sites excluding steroid dienone is 2. The van der Waals surface area contributed by atoms with Gasteiger partial charge in [-0.25, -0.2) is 8.78 Å². The highest BCUT2D eigenvalue weighted by molar-refractivity contribution is 14.1. The van der Waals surface area contributed by atoms with Crippen LogP contribution in [0.15, 0.2) is 11.7 Å². The molecule has 0 spiro atoms. The minimum absolute atomic E-state index is 0.0740. The van der Waals surface area contributed by atoms with Gasteiger partial charge in [-0.3, -0.25) is 0 Å². The molecule has 20 heavy (non-hydrogen) atoms. The Morgan fingerprint density at radius 3 is 1.75 bits per heavy atom. The highest BCUT2D eigenvalue weighted by Gasteiger charge is 2.65. The van der Waals surface area contributed by atoms with Gasteiger partial charge in [-0.1, -0.05) is 29.5 Å². The predicted octanol–water partition coefficient (Wildman–Crippen LogP) is 6.25. The third-order valence-electron chi connectivity index (χ3n) is 7.54. The molecule has 0 aromatic carbocycles. The molecule has 3 heteroatoms. The van der Waals surface area contributed by atoms with Gasteiger partial charge in [0.15, 0.2) is 0 Å². The predicted molar refractivity (Wildman–Crippen MR) is 85.1 cm³/mol. The van der Waals surface area contributed by atoms with Crippen molar-refractivity contribution in [2.75, 3.05) is 0 Å². The van der Waals surface area contributed by atoms with Crippen LogP contribution in [0.2, 0.25) is 0 Å². The van der Waals surface area contributed by atoms with Gasteiger partial charge >= 0.3 is 0 Å². The van der Waals surface area contributed by atoms with E-state index in [9.17, 15) is 4.39 Å². The molecule has 0 unspecified atom stereocenters. The molecule has 0 aromatic heterocycles. The van der Waals surface area contributed by atoms with Crippen LogP contribution in [0.25, 0.3) is 0 Å². The number of alkyl halides is 1. The van der Waals surface area contributed by atoms with Crippen molar-refractivity contribution in [2.45, 2.75) is 74.6 Å². The maximum absolute atomic E-state index is 15.0. The number of halogens is 3. The first-order valence-electron chi connectivity index (χ1n) is 8.10. The molecule has 112 valence electrons. The van der Waals surface area contributed by atoms with Crippen LogP contribution in [0, 0.1) is 16.2 Å². The fourth-order valence-electron chi connectivity index (χ4n) is 5.77. The fraction of sp³-hybridized carbons (Fsp3) is 0.882. The lowest BCUT2D eigenvalue weighted by molar-refractivity contribution is -0.110. The first-order chi connectivity index (χ1) is 9.35. The zero-order chi connectivity index (χ0) is 14.2. The number of hydrogen-bond donors (Lipinski definition) is 0. The normalized spacial score (nSPS) is 54.6. The van der Waals surface area contributed by atoms with Crippen LogP contribution in [0.5, 0.6) is 0 Å². The Bertz CT molecular complexity index is 461. The maximum Gasteiger partial charge on any atom is 0.148 e. The van der Waals surface area contributed by atoms with Gasteiger partial charge in [0.25, 0.3) is 0 Å². The smallest absolute Gasteiger partial charge is 0.148 e. The lowest BCUT2D eigenvalue weighted by Crippen LogP contribution is -2.56. The Kier molecular flexibility index (Phi) is 2.79. The van der Waals surface area contributed by atoms with Crippen LogP contribution in [0.3, 0.4) is 0 Å². The van der Waals surface area contributed by atoms with E-state index in [4.69, 9.17) is 0 Å². The summed E-state index contributed by atoms with van der Waals surface area (Å²) in [5.74, 6) is -0.737. The third kappa shape index (κ3) is 1.51. The van der Waals surface area contributed by atoms with Gasteiger partial charge in [-0.05, 0) is 75.0 Å². The fourth-order valence-corrected chi connectivity index (χ4v) is 6.55. The zero-order valence-corrected chi connectivity index (χ0v) is 14.4. The van der Waals surface area contributed by atoms with Gasteiger partial charge < -0.3 is 0 Å². The Hall–Kier alpha value is 0.330. The molecule has 6 aliphatic rings. The number of hydrogen-bond acceptors (Lipinski definition) is 0. The van der Waals surface area contributed by atoms with E-state index in [2.05, 4.69) is 29.5 Å². The largest absolute Gasteiger partial charge is 0.208 e.